The quantitative estimate of drug-likeness (QED) is 0.601. The standard InChI is InChI=1S/C19H18N4O3/c1-26-16-10-6-5-9-14(16)21-17-11-15(13-7-3-2-4-8-13)22-19(23-17)20-12-18(24)25/h2-11H,12H2,1H3,(H,24,25)(H2,20,21,22,23). The van der Waals surface area contributed by atoms with E-state index in [4.69, 9.17) is 9.84 Å². The molecule has 0 amide bonds. The van der Waals surface area contributed by atoms with Gasteiger partial charge in [-0.2, -0.15) is 4.98 Å². The Balaban J connectivity index is 1.97. The van der Waals surface area contributed by atoms with E-state index < -0.39 is 5.97 Å². The van der Waals surface area contributed by atoms with Crippen LogP contribution in [0, 0.1) is 0 Å². The summed E-state index contributed by atoms with van der Waals surface area (Å²) in [6, 6.07) is 18.9. The highest BCUT2D eigenvalue weighted by Gasteiger charge is 2.10. The van der Waals surface area contributed by atoms with Crippen LogP contribution in [-0.4, -0.2) is 34.7 Å². The van der Waals surface area contributed by atoms with Gasteiger partial charge in [0.2, 0.25) is 5.95 Å². The van der Waals surface area contributed by atoms with Crippen LogP contribution in [0.5, 0.6) is 5.75 Å². The van der Waals surface area contributed by atoms with Gasteiger partial charge in [0, 0.05) is 11.6 Å². The molecule has 3 N–H and O–H groups in total. The van der Waals surface area contributed by atoms with E-state index in [1.54, 1.807) is 13.2 Å². The second-order valence-electron chi connectivity index (χ2n) is 5.40. The zero-order valence-electron chi connectivity index (χ0n) is 14.1. The average molecular weight is 350 g/mol. The number of aromatic nitrogens is 2. The molecule has 0 saturated heterocycles. The highest BCUT2D eigenvalue weighted by atomic mass is 16.5. The normalized spacial score (nSPS) is 10.2. The van der Waals surface area contributed by atoms with Crippen LogP contribution in [-0.2, 0) is 4.79 Å². The number of anilines is 3. The lowest BCUT2D eigenvalue weighted by Gasteiger charge is -2.13. The monoisotopic (exact) mass is 350 g/mol. The van der Waals surface area contributed by atoms with Gasteiger partial charge in [0.05, 0.1) is 18.5 Å². The molecule has 0 unspecified atom stereocenters. The van der Waals surface area contributed by atoms with Crippen molar-refractivity contribution in [2.75, 3.05) is 24.3 Å². The van der Waals surface area contributed by atoms with Crippen LogP contribution < -0.4 is 15.4 Å². The van der Waals surface area contributed by atoms with E-state index in [2.05, 4.69) is 20.6 Å². The van der Waals surface area contributed by atoms with Crippen LogP contribution in [0.4, 0.5) is 17.5 Å². The van der Waals surface area contributed by atoms with Gasteiger partial charge in [-0.25, -0.2) is 4.98 Å². The molecule has 0 radical (unpaired) electrons. The molecule has 2 aromatic carbocycles. The molecule has 26 heavy (non-hydrogen) atoms. The number of rotatable bonds is 7. The highest BCUT2D eigenvalue weighted by molar-refractivity contribution is 5.73. The van der Waals surface area contributed by atoms with E-state index >= 15 is 0 Å². The number of carbonyl (C=O) groups is 1. The fourth-order valence-corrected chi connectivity index (χ4v) is 2.39. The predicted octanol–water partition coefficient (Wildman–Crippen LogP) is 3.39. The molecule has 0 bridgehead atoms. The number of nitrogens with zero attached hydrogens (tertiary/aromatic N) is 2. The van der Waals surface area contributed by atoms with Gasteiger partial charge in [0.1, 0.15) is 18.1 Å². The lowest BCUT2D eigenvalue weighted by Crippen LogP contribution is -2.15. The minimum atomic E-state index is -0.988. The van der Waals surface area contributed by atoms with Crippen molar-refractivity contribution in [2.24, 2.45) is 0 Å². The number of hydrogen-bond donors (Lipinski definition) is 3. The summed E-state index contributed by atoms with van der Waals surface area (Å²) in [5, 5.41) is 14.8. The van der Waals surface area contributed by atoms with Crippen LogP contribution in [0.1, 0.15) is 0 Å². The predicted molar refractivity (Wildman–Crippen MR) is 99.9 cm³/mol. The molecule has 1 aromatic heterocycles. The fraction of sp³-hybridized carbons (Fsp3) is 0.105. The lowest BCUT2D eigenvalue weighted by atomic mass is 10.1. The van der Waals surface area contributed by atoms with Gasteiger partial charge in [-0.3, -0.25) is 4.79 Å². The first-order chi connectivity index (χ1) is 12.7. The van der Waals surface area contributed by atoms with Crippen LogP contribution in [0.3, 0.4) is 0 Å². The van der Waals surface area contributed by atoms with Crippen molar-refractivity contribution >= 4 is 23.4 Å². The molecule has 0 aliphatic carbocycles. The van der Waals surface area contributed by atoms with Gasteiger partial charge in [-0.05, 0) is 12.1 Å². The molecule has 0 aliphatic rings. The maximum absolute atomic E-state index is 10.8. The maximum Gasteiger partial charge on any atom is 0.322 e. The molecule has 7 nitrogen and oxygen atoms in total. The van der Waals surface area contributed by atoms with E-state index in [9.17, 15) is 4.79 Å². The van der Waals surface area contributed by atoms with Crippen LogP contribution in [0.2, 0.25) is 0 Å². The molecule has 3 rings (SSSR count). The van der Waals surface area contributed by atoms with E-state index in [0.717, 1.165) is 11.3 Å². The summed E-state index contributed by atoms with van der Waals surface area (Å²) in [7, 11) is 1.59. The summed E-state index contributed by atoms with van der Waals surface area (Å²) >= 11 is 0. The summed E-state index contributed by atoms with van der Waals surface area (Å²) in [6.45, 7) is -0.271. The van der Waals surface area contributed by atoms with E-state index in [-0.39, 0.29) is 12.5 Å². The molecular formula is C19H18N4O3. The Kier molecular flexibility index (Phi) is 5.28. The van der Waals surface area contributed by atoms with Crippen molar-refractivity contribution in [1.82, 2.24) is 9.97 Å². The maximum atomic E-state index is 10.8. The van der Waals surface area contributed by atoms with Crippen LogP contribution in [0.25, 0.3) is 11.3 Å². The Bertz CT molecular complexity index is 900. The summed E-state index contributed by atoms with van der Waals surface area (Å²) in [4.78, 5) is 19.6. The molecule has 0 saturated carbocycles. The summed E-state index contributed by atoms with van der Waals surface area (Å²) < 4.78 is 5.34. The first kappa shape index (κ1) is 17.2. The van der Waals surface area contributed by atoms with Crippen molar-refractivity contribution in [3.8, 4) is 17.0 Å². The molecule has 132 valence electrons. The molecular weight excluding hydrogens is 332 g/mol. The van der Waals surface area contributed by atoms with Crippen molar-refractivity contribution in [3.05, 3.63) is 60.7 Å². The number of hydrogen-bond acceptors (Lipinski definition) is 6. The Morgan fingerprint density at radius 3 is 2.54 bits per heavy atom. The third kappa shape index (κ3) is 4.27. The molecule has 3 aromatic rings. The molecule has 0 spiro atoms. The lowest BCUT2D eigenvalue weighted by molar-refractivity contribution is -0.134. The Labute approximate surface area is 150 Å². The van der Waals surface area contributed by atoms with Gasteiger partial charge in [0.25, 0.3) is 0 Å². The minimum Gasteiger partial charge on any atom is -0.495 e. The van der Waals surface area contributed by atoms with Gasteiger partial charge in [-0.1, -0.05) is 42.5 Å². The smallest absolute Gasteiger partial charge is 0.322 e. The van der Waals surface area contributed by atoms with Crippen molar-refractivity contribution in [1.29, 1.82) is 0 Å². The Morgan fingerprint density at radius 1 is 1.08 bits per heavy atom. The minimum absolute atomic E-state index is 0.228. The van der Waals surface area contributed by atoms with E-state index in [1.165, 1.54) is 0 Å². The SMILES string of the molecule is COc1ccccc1Nc1cc(-c2ccccc2)nc(NCC(=O)O)n1. The number of ether oxygens (including phenoxy) is 1. The average Bonchev–Trinajstić information content (AvgIpc) is 2.67. The molecule has 7 heteroatoms. The highest BCUT2D eigenvalue weighted by Crippen LogP contribution is 2.28. The van der Waals surface area contributed by atoms with Crippen LogP contribution >= 0.6 is 0 Å². The number of para-hydroxylation sites is 2. The Morgan fingerprint density at radius 2 is 1.81 bits per heavy atom. The number of carboxylic acid groups (broad SMARTS) is 1. The van der Waals surface area contributed by atoms with Crippen molar-refractivity contribution in [3.63, 3.8) is 0 Å². The molecule has 0 aliphatic heterocycles. The zero-order chi connectivity index (χ0) is 18.4. The largest absolute Gasteiger partial charge is 0.495 e. The van der Waals surface area contributed by atoms with Crippen molar-refractivity contribution in [2.45, 2.75) is 0 Å². The molecule has 1 heterocycles. The topological polar surface area (TPSA) is 96.4 Å². The third-order valence-corrected chi connectivity index (χ3v) is 3.56. The van der Waals surface area contributed by atoms with Gasteiger partial charge >= 0.3 is 5.97 Å². The number of benzene rings is 2. The number of aliphatic carboxylic acids is 1. The van der Waals surface area contributed by atoms with Gasteiger partial charge < -0.3 is 20.5 Å². The fourth-order valence-electron chi connectivity index (χ4n) is 2.39. The summed E-state index contributed by atoms with van der Waals surface area (Å²) in [5.74, 6) is 0.438. The van der Waals surface area contributed by atoms with Gasteiger partial charge in [-0.15, -0.1) is 0 Å². The summed E-state index contributed by atoms with van der Waals surface area (Å²) in [6.07, 6.45) is 0. The van der Waals surface area contributed by atoms with E-state index in [0.29, 0.717) is 17.3 Å². The Hall–Kier alpha value is -3.61. The first-order valence-corrected chi connectivity index (χ1v) is 7.96. The molecule has 0 atom stereocenters. The number of carboxylic acids is 1. The number of methoxy groups -OCH3 is 1. The van der Waals surface area contributed by atoms with Crippen molar-refractivity contribution < 1.29 is 14.6 Å². The van der Waals surface area contributed by atoms with Crippen LogP contribution in [0.15, 0.2) is 60.7 Å². The second-order valence-corrected chi connectivity index (χ2v) is 5.40. The first-order valence-electron chi connectivity index (χ1n) is 7.96. The number of nitrogens with one attached hydrogen (secondary N) is 2. The zero-order valence-corrected chi connectivity index (χ0v) is 14.1. The van der Waals surface area contributed by atoms with Gasteiger partial charge in [0.15, 0.2) is 0 Å². The second kappa shape index (κ2) is 7.98. The van der Waals surface area contributed by atoms with E-state index in [1.807, 2.05) is 54.6 Å². The third-order valence-electron chi connectivity index (χ3n) is 3.56. The molecule has 0 fully saturated rings. The summed E-state index contributed by atoms with van der Waals surface area (Å²) in [5.41, 5.74) is 2.32.